The number of para-hydroxylation sites is 1. The Balaban J connectivity index is 1.97. The third-order valence-corrected chi connectivity index (χ3v) is 5.59. The molecule has 0 atom stereocenters. The number of hydrogen-bond donors (Lipinski definition) is 1. The molecule has 0 unspecified atom stereocenters. The molecule has 1 aromatic heterocycles. The van der Waals surface area contributed by atoms with Crippen molar-refractivity contribution in [3.63, 3.8) is 0 Å². The van der Waals surface area contributed by atoms with E-state index in [0.717, 1.165) is 0 Å². The molecule has 0 fully saturated rings. The Labute approximate surface area is 156 Å². The van der Waals surface area contributed by atoms with Gasteiger partial charge in [-0.3, -0.25) is 0 Å². The van der Waals surface area contributed by atoms with Crippen molar-refractivity contribution in [2.24, 2.45) is 0 Å². The number of fused-ring (bicyclic) bond motifs is 8. The van der Waals surface area contributed by atoms with Gasteiger partial charge in [-0.25, -0.2) is 0 Å². The van der Waals surface area contributed by atoms with Gasteiger partial charge in [0.2, 0.25) is 0 Å². The summed E-state index contributed by atoms with van der Waals surface area (Å²) < 4.78 is 0. The first-order chi connectivity index (χ1) is 13.4. The predicted molar refractivity (Wildman–Crippen MR) is 116 cm³/mol. The summed E-state index contributed by atoms with van der Waals surface area (Å²) in [6.45, 7) is 0. The van der Waals surface area contributed by atoms with Gasteiger partial charge in [0.1, 0.15) is 0 Å². The summed E-state index contributed by atoms with van der Waals surface area (Å²) in [7, 11) is 0. The smallest absolute Gasteiger partial charge is 0.0551 e. The highest BCUT2D eigenvalue weighted by molar-refractivity contribution is 6.33. The average Bonchev–Trinajstić information content (AvgIpc) is 3.14. The Hall–Kier alpha value is -3.58. The maximum absolute atomic E-state index is 3.69. The van der Waals surface area contributed by atoms with Crippen molar-refractivity contribution in [1.29, 1.82) is 0 Å². The molecule has 1 nitrogen and oxygen atoms in total. The summed E-state index contributed by atoms with van der Waals surface area (Å²) in [5.74, 6) is 0. The van der Waals surface area contributed by atoms with E-state index in [-0.39, 0.29) is 0 Å². The Morgan fingerprint density at radius 1 is 0.444 bits per heavy atom. The summed E-state index contributed by atoms with van der Waals surface area (Å²) in [6, 6.07) is 34.7. The van der Waals surface area contributed by atoms with Crippen molar-refractivity contribution in [3.8, 4) is 11.1 Å². The molecule has 0 saturated heterocycles. The molecule has 0 aliphatic rings. The van der Waals surface area contributed by atoms with E-state index >= 15 is 0 Å². The van der Waals surface area contributed by atoms with Crippen molar-refractivity contribution in [1.82, 2.24) is 4.98 Å². The number of benzene rings is 5. The van der Waals surface area contributed by atoms with Crippen molar-refractivity contribution in [2.75, 3.05) is 0 Å². The monoisotopic (exact) mass is 343 g/mol. The summed E-state index contributed by atoms with van der Waals surface area (Å²) in [6.07, 6.45) is 0. The topological polar surface area (TPSA) is 15.8 Å². The van der Waals surface area contributed by atoms with Crippen LogP contribution in [0.15, 0.2) is 97.1 Å². The lowest BCUT2D eigenvalue weighted by Crippen LogP contribution is -1.85. The fourth-order valence-corrected chi connectivity index (χ4v) is 4.44. The molecule has 6 aromatic rings. The predicted octanol–water partition coefficient (Wildman–Crippen LogP) is 7.29. The second kappa shape index (κ2) is 5.46. The molecule has 0 saturated carbocycles. The second-order valence-corrected chi connectivity index (χ2v) is 7.06. The summed E-state index contributed by atoms with van der Waals surface area (Å²) >= 11 is 0. The van der Waals surface area contributed by atoms with Gasteiger partial charge in [0.05, 0.1) is 5.52 Å². The zero-order valence-electron chi connectivity index (χ0n) is 14.7. The lowest BCUT2D eigenvalue weighted by Gasteiger charge is -2.12. The molecule has 0 aliphatic carbocycles. The van der Waals surface area contributed by atoms with E-state index in [4.69, 9.17) is 0 Å². The fourth-order valence-electron chi connectivity index (χ4n) is 4.44. The van der Waals surface area contributed by atoms with Crippen LogP contribution in [0.3, 0.4) is 0 Å². The van der Waals surface area contributed by atoms with E-state index in [1.165, 1.54) is 54.5 Å². The van der Waals surface area contributed by atoms with Gasteiger partial charge in [-0.15, -0.1) is 0 Å². The summed E-state index contributed by atoms with van der Waals surface area (Å²) in [4.78, 5) is 3.69. The highest BCUT2D eigenvalue weighted by atomic mass is 14.7. The quantitative estimate of drug-likeness (QED) is 0.302. The SMILES string of the molecule is c1ccc(-c2cccc3c4ccccc4c4[nH]c5ccccc5c4c23)cc1. The Morgan fingerprint density at radius 2 is 1.11 bits per heavy atom. The summed E-state index contributed by atoms with van der Waals surface area (Å²) in [5, 5.41) is 7.81. The van der Waals surface area contributed by atoms with Crippen molar-refractivity contribution in [2.45, 2.75) is 0 Å². The van der Waals surface area contributed by atoms with Crippen LogP contribution in [-0.2, 0) is 0 Å². The van der Waals surface area contributed by atoms with E-state index in [1.807, 2.05) is 0 Å². The van der Waals surface area contributed by atoms with Gasteiger partial charge in [0, 0.05) is 27.1 Å². The zero-order chi connectivity index (χ0) is 17.8. The molecule has 1 N–H and O–H groups in total. The molecule has 27 heavy (non-hydrogen) atoms. The van der Waals surface area contributed by atoms with Crippen LogP contribution in [0, 0.1) is 0 Å². The Bertz CT molecular complexity index is 1460. The highest BCUT2D eigenvalue weighted by Gasteiger charge is 2.16. The van der Waals surface area contributed by atoms with E-state index < -0.39 is 0 Å². The number of nitrogens with one attached hydrogen (secondary N) is 1. The average molecular weight is 343 g/mol. The third-order valence-electron chi connectivity index (χ3n) is 5.59. The first-order valence-electron chi connectivity index (χ1n) is 9.31. The number of aromatic amines is 1. The maximum Gasteiger partial charge on any atom is 0.0551 e. The molecule has 1 heterocycles. The zero-order valence-corrected chi connectivity index (χ0v) is 14.7. The van der Waals surface area contributed by atoms with E-state index in [0.29, 0.717) is 0 Å². The number of H-pyrrole nitrogens is 1. The Kier molecular flexibility index (Phi) is 2.95. The van der Waals surface area contributed by atoms with Crippen molar-refractivity contribution in [3.05, 3.63) is 97.1 Å². The molecule has 6 rings (SSSR count). The third kappa shape index (κ3) is 2.00. The van der Waals surface area contributed by atoms with Gasteiger partial charge in [-0.2, -0.15) is 0 Å². The fraction of sp³-hybridized carbons (Fsp3) is 0. The molecule has 5 aromatic carbocycles. The minimum atomic E-state index is 1.19. The second-order valence-electron chi connectivity index (χ2n) is 7.06. The lowest BCUT2D eigenvalue weighted by molar-refractivity contribution is 1.56. The molecule has 126 valence electrons. The molecule has 0 spiro atoms. The largest absolute Gasteiger partial charge is 0.354 e. The molecular formula is C26H17N. The van der Waals surface area contributed by atoms with E-state index in [9.17, 15) is 0 Å². The van der Waals surface area contributed by atoms with Crippen LogP contribution in [0.2, 0.25) is 0 Å². The molecule has 0 amide bonds. The van der Waals surface area contributed by atoms with Crippen molar-refractivity contribution < 1.29 is 0 Å². The summed E-state index contributed by atoms with van der Waals surface area (Å²) in [5.41, 5.74) is 4.95. The molecular weight excluding hydrogens is 326 g/mol. The number of rotatable bonds is 1. The van der Waals surface area contributed by atoms with Gasteiger partial charge in [-0.1, -0.05) is 91.0 Å². The maximum atomic E-state index is 3.69. The van der Waals surface area contributed by atoms with Crippen LogP contribution in [0.4, 0.5) is 0 Å². The standard InChI is InChI=1S/C26H17N/c1-2-9-17(10-3-1)18-14-8-15-20-19-11-4-5-12-21(19)26-25(24(18)20)22-13-6-7-16-23(22)27-26/h1-16,27H. The Morgan fingerprint density at radius 3 is 1.96 bits per heavy atom. The minimum absolute atomic E-state index is 1.19. The van der Waals surface area contributed by atoms with Crippen LogP contribution in [0.1, 0.15) is 0 Å². The van der Waals surface area contributed by atoms with Gasteiger partial charge in [0.15, 0.2) is 0 Å². The normalized spacial score (nSPS) is 11.7. The van der Waals surface area contributed by atoms with Crippen LogP contribution in [-0.4, -0.2) is 4.98 Å². The van der Waals surface area contributed by atoms with E-state index in [2.05, 4.69) is 102 Å². The van der Waals surface area contributed by atoms with Gasteiger partial charge >= 0.3 is 0 Å². The molecule has 0 radical (unpaired) electrons. The molecule has 0 bridgehead atoms. The molecule has 1 heteroatoms. The number of aromatic nitrogens is 1. The van der Waals surface area contributed by atoms with E-state index in [1.54, 1.807) is 0 Å². The van der Waals surface area contributed by atoms with Crippen LogP contribution >= 0.6 is 0 Å². The highest BCUT2D eigenvalue weighted by Crippen LogP contribution is 2.42. The minimum Gasteiger partial charge on any atom is -0.354 e. The van der Waals surface area contributed by atoms with Crippen molar-refractivity contribution >= 4 is 43.4 Å². The van der Waals surface area contributed by atoms with Crippen LogP contribution in [0.5, 0.6) is 0 Å². The number of hydrogen-bond acceptors (Lipinski definition) is 0. The van der Waals surface area contributed by atoms with Gasteiger partial charge in [0.25, 0.3) is 0 Å². The van der Waals surface area contributed by atoms with Gasteiger partial charge < -0.3 is 4.98 Å². The first kappa shape index (κ1) is 14.6. The van der Waals surface area contributed by atoms with Crippen LogP contribution < -0.4 is 0 Å². The first-order valence-corrected chi connectivity index (χ1v) is 9.31. The molecule has 0 aliphatic heterocycles. The van der Waals surface area contributed by atoms with Gasteiger partial charge in [-0.05, 0) is 28.0 Å². The lowest BCUT2D eigenvalue weighted by atomic mass is 9.91. The van der Waals surface area contributed by atoms with Crippen LogP contribution in [0.25, 0.3) is 54.5 Å².